The van der Waals surface area contributed by atoms with Crippen LogP contribution in [-0.4, -0.2) is 6.61 Å². The van der Waals surface area contributed by atoms with Gasteiger partial charge in [-0.3, -0.25) is 0 Å². The van der Waals surface area contributed by atoms with Gasteiger partial charge in [0.1, 0.15) is 24.0 Å². The van der Waals surface area contributed by atoms with Crippen molar-refractivity contribution >= 4 is 0 Å². The fourth-order valence-corrected chi connectivity index (χ4v) is 2.18. The van der Waals surface area contributed by atoms with Crippen LogP contribution in [-0.2, 0) is 0 Å². The van der Waals surface area contributed by atoms with E-state index >= 15 is 0 Å². The van der Waals surface area contributed by atoms with Crippen LogP contribution in [0.15, 0.2) is 24.8 Å². The van der Waals surface area contributed by atoms with Crippen LogP contribution in [0.25, 0.3) is 0 Å². The van der Waals surface area contributed by atoms with Crippen LogP contribution in [0, 0.1) is 17.6 Å². The van der Waals surface area contributed by atoms with Gasteiger partial charge >= 0.3 is 0 Å². The van der Waals surface area contributed by atoms with Crippen molar-refractivity contribution in [2.75, 3.05) is 6.61 Å². The molecule has 0 amide bonds. The number of ether oxygens (including phenoxy) is 1. The molecule has 1 radical (unpaired) electrons. The van der Waals surface area contributed by atoms with Gasteiger partial charge in [0.05, 0.1) is 0 Å². The maximum absolute atomic E-state index is 13.8. The molecule has 0 heterocycles. The number of rotatable bonds is 4. The third-order valence-electron chi connectivity index (χ3n) is 2.94. The van der Waals surface area contributed by atoms with Gasteiger partial charge in [0, 0.05) is 23.6 Å². The van der Waals surface area contributed by atoms with Crippen molar-refractivity contribution < 1.29 is 13.5 Å². The third-order valence-corrected chi connectivity index (χ3v) is 2.94. The van der Waals surface area contributed by atoms with Crippen molar-refractivity contribution in [3.8, 4) is 5.75 Å². The van der Waals surface area contributed by atoms with Crippen LogP contribution in [0.5, 0.6) is 5.75 Å². The first-order valence-electron chi connectivity index (χ1n) is 5.80. The topological polar surface area (TPSA) is 9.23 Å². The monoisotopic (exact) mass is 237 g/mol. The lowest BCUT2D eigenvalue weighted by Crippen LogP contribution is -2.03. The molecule has 1 fully saturated rings. The van der Waals surface area contributed by atoms with Crippen LogP contribution in [0.1, 0.15) is 31.2 Å². The predicted octanol–water partition coefficient (Wildman–Crippen LogP) is 4.03. The Balaban J connectivity index is 2.25. The van der Waals surface area contributed by atoms with Crippen LogP contribution in [0.4, 0.5) is 8.78 Å². The molecule has 0 N–H and O–H groups in total. The summed E-state index contributed by atoms with van der Waals surface area (Å²) in [6, 6.07) is 2.49. The zero-order chi connectivity index (χ0) is 12.3. The van der Waals surface area contributed by atoms with E-state index < -0.39 is 11.6 Å². The van der Waals surface area contributed by atoms with Crippen molar-refractivity contribution in [1.82, 2.24) is 0 Å². The Hall–Kier alpha value is -1.38. The van der Waals surface area contributed by atoms with E-state index in [1.165, 1.54) is 18.2 Å². The average Bonchev–Trinajstić information content (AvgIpc) is 2.79. The second kappa shape index (κ2) is 5.30. The smallest absolute Gasteiger partial charge is 0.133 e. The fourth-order valence-electron chi connectivity index (χ4n) is 2.18. The van der Waals surface area contributed by atoms with Crippen molar-refractivity contribution in [2.24, 2.45) is 0 Å². The SMILES string of the molecule is C=CCOc1cc(F)c([C]2CCCC2)c(F)c1. The molecule has 17 heavy (non-hydrogen) atoms. The molecule has 0 atom stereocenters. The molecule has 0 aliphatic heterocycles. The van der Waals surface area contributed by atoms with Crippen LogP contribution >= 0.6 is 0 Å². The summed E-state index contributed by atoms with van der Waals surface area (Å²) < 4.78 is 32.8. The van der Waals surface area contributed by atoms with Crippen molar-refractivity contribution in [1.29, 1.82) is 0 Å². The quantitative estimate of drug-likeness (QED) is 0.718. The second-order valence-electron chi connectivity index (χ2n) is 4.17. The number of hydrogen-bond donors (Lipinski definition) is 0. The van der Waals surface area contributed by atoms with E-state index in [0.717, 1.165) is 31.6 Å². The van der Waals surface area contributed by atoms with Gasteiger partial charge in [-0.1, -0.05) is 25.5 Å². The molecule has 0 saturated heterocycles. The Morgan fingerprint density at radius 1 is 1.18 bits per heavy atom. The van der Waals surface area contributed by atoms with Crippen molar-refractivity contribution in [2.45, 2.75) is 25.7 Å². The van der Waals surface area contributed by atoms with E-state index in [4.69, 9.17) is 4.74 Å². The van der Waals surface area contributed by atoms with E-state index in [9.17, 15) is 8.78 Å². The predicted molar refractivity (Wildman–Crippen MR) is 62.9 cm³/mol. The van der Waals surface area contributed by atoms with Crippen molar-refractivity contribution in [3.05, 3.63) is 47.9 Å². The van der Waals surface area contributed by atoms with E-state index in [1.54, 1.807) is 0 Å². The van der Waals surface area contributed by atoms with E-state index in [-0.39, 0.29) is 17.9 Å². The molecule has 0 spiro atoms. The molecule has 1 aliphatic rings. The Bertz CT molecular complexity index is 386. The van der Waals surface area contributed by atoms with Gasteiger partial charge in [-0.25, -0.2) is 8.78 Å². The maximum atomic E-state index is 13.8. The molecule has 1 aliphatic carbocycles. The first-order valence-corrected chi connectivity index (χ1v) is 5.80. The van der Waals surface area contributed by atoms with E-state index in [1.807, 2.05) is 0 Å². The van der Waals surface area contributed by atoms with Gasteiger partial charge in [-0.15, -0.1) is 0 Å². The van der Waals surface area contributed by atoms with Gasteiger partial charge in [0.25, 0.3) is 0 Å². The molecular weight excluding hydrogens is 222 g/mol. The first-order chi connectivity index (χ1) is 8.22. The maximum Gasteiger partial charge on any atom is 0.133 e. The zero-order valence-electron chi connectivity index (χ0n) is 9.64. The number of benzene rings is 1. The normalized spacial score (nSPS) is 16.1. The zero-order valence-corrected chi connectivity index (χ0v) is 9.64. The summed E-state index contributed by atoms with van der Waals surface area (Å²) in [6.45, 7) is 3.73. The summed E-state index contributed by atoms with van der Waals surface area (Å²) in [4.78, 5) is 0. The van der Waals surface area contributed by atoms with Gasteiger partial charge < -0.3 is 4.74 Å². The van der Waals surface area contributed by atoms with Gasteiger partial charge in [-0.2, -0.15) is 0 Å². The molecule has 1 nitrogen and oxygen atoms in total. The molecule has 0 aromatic heterocycles. The molecule has 0 bridgehead atoms. The summed E-state index contributed by atoms with van der Waals surface area (Å²) >= 11 is 0. The Labute approximate surface area is 100 Å². The molecular formula is C14H15F2O. The highest BCUT2D eigenvalue weighted by Gasteiger charge is 2.25. The third kappa shape index (κ3) is 2.65. The molecule has 0 unspecified atom stereocenters. The summed E-state index contributed by atoms with van der Waals surface area (Å²) in [5, 5.41) is 0. The summed E-state index contributed by atoms with van der Waals surface area (Å²) in [6.07, 6.45) is 5.16. The summed E-state index contributed by atoms with van der Waals surface area (Å²) in [5.74, 6) is 0.0412. The highest BCUT2D eigenvalue weighted by atomic mass is 19.1. The summed E-state index contributed by atoms with van der Waals surface area (Å²) in [5.41, 5.74) is 0.147. The minimum Gasteiger partial charge on any atom is -0.489 e. The minimum atomic E-state index is -0.527. The molecule has 1 aromatic rings. The first kappa shape index (κ1) is 12.1. The molecule has 3 heteroatoms. The average molecular weight is 237 g/mol. The van der Waals surface area contributed by atoms with Crippen molar-refractivity contribution in [3.63, 3.8) is 0 Å². The highest BCUT2D eigenvalue weighted by molar-refractivity contribution is 5.39. The van der Waals surface area contributed by atoms with Crippen LogP contribution < -0.4 is 4.74 Å². The second-order valence-corrected chi connectivity index (χ2v) is 4.17. The molecule has 91 valence electrons. The lowest BCUT2D eigenvalue weighted by molar-refractivity contribution is 0.357. The Morgan fingerprint density at radius 3 is 2.29 bits per heavy atom. The van der Waals surface area contributed by atoms with Gasteiger partial charge in [-0.05, 0) is 12.8 Å². The molecule has 2 rings (SSSR count). The highest BCUT2D eigenvalue weighted by Crippen LogP contribution is 2.37. The lowest BCUT2D eigenvalue weighted by atomic mass is 9.96. The van der Waals surface area contributed by atoms with E-state index in [2.05, 4.69) is 6.58 Å². The largest absolute Gasteiger partial charge is 0.489 e. The number of halogens is 2. The molecule has 1 saturated carbocycles. The standard InChI is InChI=1S/C14H15F2O/c1-2-7-17-11-8-12(15)14(13(16)9-11)10-5-3-4-6-10/h2,8-9H,1,3-7H2. The van der Waals surface area contributed by atoms with Gasteiger partial charge in [0.2, 0.25) is 0 Å². The van der Waals surface area contributed by atoms with Crippen LogP contribution in [0.3, 0.4) is 0 Å². The van der Waals surface area contributed by atoms with Gasteiger partial charge in [0.15, 0.2) is 0 Å². The molecule has 1 aromatic carbocycles. The fraction of sp³-hybridized carbons (Fsp3) is 0.357. The Kier molecular flexibility index (Phi) is 3.77. The van der Waals surface area contributed by atoms with Crippen LogP contribution in [0.2, 0.25) is 0 Å². The summed E-state index contributed by atoms with van der Waals surface area (Å²) in [7, 11) is 0. The minimum absolute atomic E-state index is 0.147. The Morgan fingerprint density at radius 2 is 1.76 bits per heavy atom. The van der Waals surface area contributed by atoms with E-state index in [0.29, 0.717) is 0 Å². The number of hydrogen-bond acceptors (Lipinski definition) is 1. The lowest BCUT2D eigenvalue weighted by Gasteiger charge is -2.13.